The maximum absolute atomic E-state index is 11.6. The van der Waals surface area contributed by atoms with Gasteiger partial charge in [-0.2, -0.15) is 0 Å². The normalized spacial score (nSPS) is 12.9. The van der Waals surface area contributed by atoms with Gasteiger partial charge in [0.05, 0.1) is 13.2 Å². The van der Waals surface area contributed by atoms with Crippen LogP contribution in [0.2, 0.25) is 0 Å². The lowest BCUT2D eigenvalue weighted by Crippen LogP contribution is -2.29. The molecule has 1 aromatic rings. The number of allylic oxidation sites excluding steroid dienone is 1. The van der Waals surface area contributed by atoms with Crippen LogP contribution in [0.5, 0.6) is 5.75 Å². The van der Waals surface area contributed by atoms with Crippen molar-refractivity contribution in [3.05, 3.63) is 41.5 Å². The molecule has 4 nitrogen and oxygen atoms in total. The molecule has 1 atom stereocenters. The van der Waals surface area contributed by atoms with Crippen LogP contribution in [0.25, 0.3) is 0 Å². The number of aliphatic hydroxyl groups is 1. The van der Waals surface area contributed by atoms with Crippen LogP contribution in [0.4, 0.5) is 0 Å². The number of rotatable bonds is 6. The first-order chi connectivity index (χ1) is 9.02. The van der Waals surface area contributed by atoms with Gasteiger partial charge in [-0.05, 0) is 31.9 Å². The summed E-state index contributed by atoms with van der Waals surface area (Å²) in [5.74, 6) is 0.632. The summed E-state index contributed by atoms with van der Waals surface area (Å²) in [6, 6.07) is 7.73. The van der Waals surface area contributed by atoms with Crippen molar-refractivity contribution < 1.29 is 14.6 Å². The Morgan fingerprint density at radius 3 is 2.79 bits per heavy atom. The van der Waals surface area contributed by atoms with Crippen LogP contribution in [0.15, 0.2) is 35.9 Å². The van der Waals surface area contributed by atoms with E-state index in [0.717, 1.165) is 16.9 Å². The number of carbonyl (C=O) groups is 1. The zero-order valence-electron chi connectivity index (χ0n) is 11.6. The lowest BCUT2D eigenvalue weighted by Gasteiger charge is -2.09. The van der Waals surface area contributed by atoms with E-state index in [0.29, 0.717) is 6.42 Å². The van der Waals surface area contributed by atoms with E-state index in [2.05, 4.69) is 5.32 Å². The predicted octanol–water partition coefficient (Wildman–Crippen LogP) is 1.68. The Labute approximate surface area is 114 Å². The molecule has 0 saturated carbocycles. The number of nitrogens with one attached hydrogen (secondary N) is 1. The maximum Gasteiger partial charge on any atom is 0.244 e. The van der Waals surface area contributed by atoms with Crippen molar-refractivity contribution in [1.29, 1.82) is 0 Å². The van der Waals surface area contributed by atoms with Gasteiger partial charge in [0.25, 0.3) is 0 Å². The van der Waals surface area contributed by atoms with Crippen LogP contribution in [0.1, 0.15) is 19.4 Å². The zero-order chi connectivity index (χ0) is 14.3. The Morgan fingerprint density at radius 1 is 1.47 bits per heavy atom. The summed E-state index contributed by atoms with van der Waals surface area (Å²) in [4.78, 5) is 11.6. The molecule has 19 heavy (non-hydrogen) atoms. The fraction of sp³-hybridized carbons (Fsp3) is 0.400. The largest absolute Gasteiger partial charge is 0.496 e. The molecule has 0 aromatic heterocycles. The monoisotopic (exact) mass is 263 g/mol. The number of hydrogen-bond acceptors (Lipinski definition) is 3. The van der Waals surface area contributed by atoms with Gasteiger partial charge < -0.3 is 15.2 Å². The molecular formula is C15H21NO3. The first-order valence-corrected chi connectivity index (χ1v) is 6.28. The quantitative estimate of drug-likeness (QED) is 0.768. The summed E-state index contributed by atoms with van der Waals surface area (Å²) >= 11 is 0. The van der Waals surface area contributed by atoms with Gasteiger partial charge in [-0.15, -0.1) is 0 Å². The number of benzene rings is 1. The number of para-hydroxylation sites is 1. The van der Waals surface area contributed by atoms with Crippen LogP contribution in [-0.2, 0) is 11.2 Å². The van der Waals surface area contributed by atoms with Crippen LogP contribution in [-0.4, -0.2) is 30.8 Å². The van der Waals surface area contributed by atoms with E-state index in [1.807, 2.05) is 31.2 Å². The lowest BCUT2D eigenvalue weighted by atomic mass is 10.1. The fourth-order valence-corrected chi connectivity index (χ4v) is 1.72. The Bertz CT molecular complexity index is 452. The number of methoxy groups -OCH3 is 1. The summed E-state index contributed by atoms with van der Waals surface area (Å²) in [6.07, 6.45) is 1.67. The summed E-state index contributed by atoms with van der Waals surface area (Å²) in [5, 5.41) is 11.7. The third kappa shape index (κ3) is 5.57. The molecular weight excluding hydrogens is 242 g/mol. The molecule has 0 bridgehead atoms. The Balaban J connectivity index is 2.63. The van der Waals surface area contributed by atoms with Crippen molar-refractivity contribution in [2.75, 3.05) is 13.7 Å². The minimum atomic E-state index is -0.535. The number of carbonyl (C=O) groups excluding carboxylic acids is 1. The first-order valence-electron chi connectivity index (χ1n) is 6.28. The fourth-order valence-electron chi connectivity index (χ4n) is 1.72. The smallest absolute Gasteiger partial charge is 0.244 e. The van der Waals surface area contributed by atoms with Crippen LogP contribution >= 0.6 is 0 Å². The van der Waals surface area contributed by atoms with Crippen molar-refractivity contribution in [2.24, 2.45) is 0 Å². The number of ether oxygens (including phenoxy) is 1. The van der Waals surface area contributed by atoms with Crippen molar-refractivity contribution in [1.82, 2.24) is 5.32 Å². The molecule has 1 rings (SSSR count). The Kier molecular flexibility index (Phi) is 6.09. The van der Waals surface area contributed by atoms with Gasteiger partial charge in [0.2, 0.25) is 5.91 Å². The third-order valence-electron chi connectivity index (χ3n) is 2.61. The van der Waals surface area contributed by atoms with Crippen molar-refractivity contribution in [3.63, 3.8) is 0 Å². The summed E-state index contributed by atoms with van der Waals surface area (Å²) < 4.78 is 5.27. The predicted molar refractivity (Wildman–Crippen MR) is 75.1 cm³/mol. The average molecular weight is 263 g/mol. The molecule has 0 fully saturated rings. The topological polar surface area (TPSA) is 58.6 Å². The molecule has 2 N–H and O–H groups in total. The molecule has 1 aromatic carbocycles. The molecule has 0 radical (unpaired) electrons. The van der Waals surface area contributed by atoms with Gasteiger partial charge in [-0.3, -0.25) is 4.79 Å². The highest BCUT2D eigenvalue weighted by Crippen LogP contribution is 2.20. The number of hydrogen-bond donors (Lipinski definition) is 2. The molecule has 0 spiro atoms. The average Bonchev–Trinajstić information content (AvgIpc) is 2.37. The van der Waals surface area contributed by atoms with Gasteiger partial charge in [0.1, 0.15) is 5.75 Å². The SMILES string of the molecule is COc1ccccc1C/C(C)=C/C(=O)NCC(C)O. The zero-order valence-corrected chi connectivity index (χ0v) is 11.6. The highest BCUT2D eigenvalue weighted by molar-refractivity contribution is 5.88. The standard InChI is InChI=1S/C15H21NO3/c1-11(9-15(18)16-10-12(2)17)8-13-6-4-5-7-14(13)19-3/h4-7,9,12,17H,8,10H2,1-3H3,(H,16,18)/b11-9+. The third-order valence-corrected chi connectivity index (χ3v) is 2.61. The minimum absolute atomic E-state index is 0.187. The van der Waals surface area contributed by atoms with Crippen molar-refractivity contribution in [3.8, 4) is 5.75 Å². The number of aliphatic hydroxyl groups excluding tert-OH is 1. The van der Waals surface area contributed by atoms with Crippen LogP contribution in [0.3, 0.4) is 0 Å². The maximum atomic E-state index is 11.6. The Morgan fingerprint density at radius 2 is 2.16 bits per heavy atom. The highest BCUT2D eigenvalue weighted by atomic mass is 16.5. The second-order valence-electron chi connectivity index (χ2n) is 4.57. The van der Waals surface area contributed by atoms with Crippen LogP contribution in [0, 0.1) is 0 Å². The van der Waals surface area contributed by atoms with E-state index < -0.39 is 6.10 Å². The van der Waals surface area contributed by atoms with Gasteiger partial charge in [-0.25, -0.2) is 0 Å². The molecule has 0 aliphatic rings. The minimum Gasteiger partial charge on any atom is -0.496 e. The summed E-state index contributed by atoms with van der Waals surface area (Å²) in [6.45, 7) is 3.79. The van der Waals surface area contributed by atoms with Crippen LogP contribution < -0.4 is 10.1 Å². The van der Waals surface area contributed by atoms with Crippen molar-refractivity contribution in [2.45, 2.75) is 26.4 Å². The lowest BCUT2D eigenvalue weighted by molar-refractivity contribution is -0.116. The van der Waals surface area contributed by atoms with Gasteiger partial charge in [-0.1, -0.05) is 23.8 Å². The number of amides is 1. The molecule has 0 aliphatic carbocycles. The second-order valence-corrected chi connectivity index (χ2v) is 4.57. The summed E-state index contributed by atoms with van der Waals surface area (Å²) in [7, 11) is 1.63. The first kappa shape index (κ1) is 15.2. The van der Waals surface area contributed by atoms with E-state index in [1.165, 1.54) is 0 Å². The van der Waals surface area contributed by atoms with E-state index in [9.17, 15) is 4.79 Å². The summed E-state index contributed by atoms with van der Waals surface area (Å²) in [5.41, 5.74) is 1.98. The molecule has 104 valence electrons. The Hall–Kier alpha value is -1.81. The van der Waals surface area contributed by atoms with E-state index in [4.69, 9.17) is 9.84 Å². The van der Waals surface area contributed by atoms with Gasteiger partial charge >= 0.3 is 0 Å². The molecule has 0 saturated heterocycles. The molecule has 1 amide bonds. The highest BCUT2D eigenvalue weighted by Gasteiger charge is 2.04. The van der Waals surface area contributed by atoms with E-state index >= 15 is 0 Å². The van der Waals surface area contributed by atoms with E-state index in [-0.39, 0.29) is 12.5 Å². The molecule has 1 unspecified atom stereocenters. The molecule has 4 heteroatoms. The van der Waals surface area contributed by atoms with Crippen molar-refractivity contribution >= 4 is 5.91 Å². The van der Waals surface area contributed by atoms with E-state index in [1.54, 1.807) is 20.1 Å². The molecule has 0 aliphatic heterocycles. The van der Waals surface area contributed by atoms with Gasteiger partial charge in [0, 0.05) is 12.6 Å². The van der Waals surface area contributed by atoms with Gasteiger partial charge in [0.15, 0.2) is 0 Å². The molecule has 0 heterocycles. The second kappa shape index (κ2) is 7.59.